The van der Waals surface area contributed by atoms with E-state index in [1.54, 1.807) is 0 Å². The maximum Gasteiger partial charge on any atom is 0.304 e. The Morgan fingerprint density at radius 1 is 1.67 bits per heavy atom. The van der Waals surface area contributed by atoms with E-state index in [1.165, 1.54) is 24.2 Å². The largest absolute Gasteiger partial charge is 0.378 e. The lowest BCUT2D eigenvalue weighted by Gasteiger charge is -2.09. The highest BCUT2D eigenvalue weighted by molar-refractivity contribution is 7.07. The molecule has 1 saturated heterocycles. The van der Waals surface area contributed by atoms with E-state index in [9.17, 15) is 4.79 Å². The van der Waals surface area contributed by atoms with E-state index in [0.29, 0.717) is 6.10 Å². The van der Waals surface area contributed by atoms with Gasteiger partial charge in [0.05, 0.1) is 6.10 Å². The molecule has 1 aromatic heterocycles. The van der Waals surface area contributed by atoms with Crippen LogP contribution in [0, 0.1) is 0 Å². The average molecular weight is 228 g/mol. The summed E-state index contributed by atoms with van der Waals surface area (Å²) in [7, 11) is 0. The number of hydrogen-bond donors (Lipinski definition) is 2. The van der Waals surface area contributed by atoms with Crippen LogP contribution in [0.1, 0.15) is 25.0 Å². The van der Waals surface area contributed by atoms with E-state index in [4.69, 9.17) is 4.74 Å². The van der Waals surface area contributed by atoms with Gasteiger partial charge < -0.3 is 15.0 Å². The predicted molar refractivity (Wildman–Crippen MR) is 60.2 cm³/mol. The van der Waals surface area contributed by atoms with Gasteiger partial charge in [0.25, 0.3) is 0 Å². The van der Waals surface area contributed by atoms with Crippen LogP contribution in [0.5, 0.6) is 0 Å². The topological polar surface area (TPSA) is 54.1 Å². The van der Waals surface area contributed by atoms with E-state index >= 15 is 0 Å². The molecule has 0 amide bonds. The Morgan fingerprint density at radius 3 is 3.27 bits per heavy atom. The molecule has 0 aliphatic carbocycles. The summed E-state index contributed by atoms with van der Waals surface area (Å²) in [5.74, 6) is 0. The van der Waals surface area contributed by atoms with E-state index in [2.05, 4.69) is 10.3 Å². The molecule has 1 unspecified atom stereocenters. The van der Waals surface area contributed by atoms with Gasteiger partial charge in [0.15, 0.2) is 0 Å². The van der Waals surface area contributed by atoms with E-state index in [1.807, 2.05) is 5.38 Å². The van der Waals surface area contributed by atoms with Crippen molar-refractivity contribution in [2.24, 2.45) is 0 Å². The van der Waals surface area contributed by atoms with Crippen molar-refractivity contribution in [1.82, 2.24) is 10.3 Å². The van der Waals surface area contributed by atoms with Crippen molar-refractivity contribution in [3.63, 3.8) is 0 Å². The molecule has 0 aromatic carbocycles. The van der Waals surface area contributed by atoms with Crippen molar-refractivity contribution in [3.05, 3.63) is 20.7 Å². The van der Waals surface area contributed by atoms with Gasteiger partial charge >= 0.3 is 4.87 Å². The summed E-state index contributed by atoms with van der Waals surface area (Å²) in [6.07, 6.45) is 3.90. The van der Waals surface area contributed by atoms with Crippen LogP contribution >= 0.6 is 11.3 Å². The van der Waals surface area contributed by atoms with Gasteiger partial charge in [-0.3, -0.25) is 4.79 Å². The van der Waals surface area contributed by atoms with E-state index in [0.717, 1.165) is 31.8 Å². The zero-order valence-corrected chi connectivity index (χ0v) is 9.44. The van der Waals surface area contributed by atoms with Crippen LogP contribution in [0.15, 0.2) is 10.2 Å². The minimum Gasteiger partial charge on any atom is -0.378 e. The number of H-pyrrole nitrogens is 1. The van der Waals surface area contributed by atoms with Crippen molar-refractivity contribution in [2.45, 2.75) is 31.9 Å². The zero-order chi connectivity index (χ0) is 10.5. The molecule has 1 atom stereocenters. The molecule has 0 spiro atoms. The first-order valence-corrected chi connectivity index (χ1v) is 6.21. The summed E-state index contributed by atoms with van der Waals surface area (Å²) >= 11 is 1.21. The number of rotatable bonds is 5. The highest BCUT2D eigenvalue weighted by Crippen LogP contribution is 2.14. The standard InChI is InChI=1S/C10H16N2O2S/c13-10-12-8(7-15-10)6-11-4-3-9-2-1-5-14-9/h7,9,11H,1-6H2,(H,12,13). The average Bonchev–Trinajstić information content (AvgIpc) is 2.84. The Balaban J connectivity index is 1.60. The van der Waals surface area contributed by atoms with Crippen LogP contribution in [-0.4, -0.2) is 24.2 Å². The molecule has 5 heteroatoms. The fraction of sp³-hybridized carbons (Fsp3) is 0.700. The van der Waals surface area contributed by atoms with Crippen molar-refractivity contribution >= 4 is 11.3 Å². The molecule has 0 radical (unpaired) electrons. The van der Waals surface area contributed by atoms with Crippen molar-refractivity contribution in [1.29, 1.82) is 0 Å². The molecule has 0 bridgehead atoms. The summed E-state index contributed by atoms with van der Waals surface area (Å²) < 4.78 is 5.51. The summed E-state index contributed by atoms with van der Waals surface area (Å²) in [6.45, 7) is 2.61. The molecule has 2 N–H and O–H groups in total. The molecule has 1 aliphatic heterocycles. The van der Waals surface area contributed by atoms with Gasteiger partial charge in [-0.2, -0.15) is 0 Å². The number of thiazole rings is 1. The van der Waals surface area contributed by atoms with Gasteiger partial charge in [0, 0.05) is 24.2 Å². The first-order chi connectivity index (χ1) is 7.34. The van der Waals surface area contributed by atoms with Crippen LogP contribution in [0.2, 0.25) is 0 Å². The number of aromatic amines is 1. The molecule has 1 aromatic rings. The number of ether oxygens (including phenoxy) is 1. The molecular formula is C10H16N2O2S. The molecule has 84 valence electrons. The van der Waals surface area contributed by atoms with Crippen LogP contribution < -0.4 is 10.2 Å². The molecule has 1 fully saturated rings. The number of aromatic nitrogens is 1. The van der Waals surface area contributed by atoms with Crippen LogP contribution in [-0.2, 0) is 11.3 Å². The second kappa shape index (κ2) is 5.44. The fourth-order valence-electron chi connectivity index (χ4n) is 1.76. The quantitative estimate of drug-likeness (QED) is 0.742. The smallest absolute Gasteiger partial charge is 0.304 e. The second-order valence-corrected chi connectivity index (χ2v) is 4.62. The van der Waals surface area contributed by atoms with Crippen molar-refractivity contribution in [2.75, 3.05) is 13.2 Å². The monoisotopic (exact) mass is 228 g/mol. The molecule has 15 heavy (non-hydrogen) atoms. The fourth-order valence-corrected chi connectivity index (χ4v) is 2.34. The lowest BCUT2D eigenvalue weighted by Crippen LogP contribution is -2.20. The van der Waals surface area contributed by atoms with Gasteiger partial charge in [-0.05, 0) is 25.8 Å². The number of hydrogen-bond acceptors (Lipinski definition) is 4. The molecule has 2 rings (SSSR count). The lowest BCUT2D eigenvalue weighted by molar-refractivity contribution is 0.104. The van der Waals surface area contributed by atoms with Gasteiger partial charge in [0.1, 0.15) is 0 Å². The Bertz CT molecular complexity index is 341. The van der Waals surface area contributed by atoms with Crippen LogP contribution in [0.4, 0.5) is 0 Å². The normalized spacial score (nSPS) is 20.9. The predicted octanol–water partition coefficient (Wildman–Crippen LogP) is 1.10. The van der Waals surface area contributed by atoms with E-state index < -0.39 is 0 Å². The summed E-state index contributed by atoms with van der Waals surface area (Å²) in [6, 6.07) is 0. The Labute approximate surface area is 92.7 Å². The Hall–Kier alpha value is -0.650. The molecule has 2 heterocycles. The van der Waals surface area contributed by atoms with E-state index in [-0.39, 0.29) is 4.87 Å². The first kappa shape index (κ1) is 10.9. The summed E-state index contributed by atoms with van der Waals surface area (Å²) in [5.41, 5.74) is 0.970. The molecule has 4 nitrogen and oxygen atoms in total. The second-order valence-electron chi connectivity index (χ2n) is 3.77. The Kier molecular flexibility index (Phi) is 3.94. The third-order valence-electron chi connectivity index (χ3n) is 2.55. The lowest BCUT2D eigenvalue weighted by atomic mass is 10.2. The Morgan fingerprint density at radius 2 is 2.60 bits per heavy atom. The summed E-state index contributed by atoms with van der Waals surface area (Å²) in [4.78, 5) is 13.6. The molecule has 0 saturated carbocycles. The van der Waals surface area contributed by atoms with Gasteiger partial charge in [-0.25, -0.2) is 0 Å². The first-order valence-electron chi connectivity index (χ1n) is 5.33. The van der Waals surface area contributed by atoms with Gasteiger partial charge in [-0.1, -0.05) is 11.3 Å². The third kappa shape index (κ3) is 3.44. The highest BCUT2D eigenvalue weighted by Gasteiger charge is 2.14. The summed E-state index contributed by atoms with van der Waals surface area (Å²) in [5, 5.41) is 5.16. The minimum atomic E-state index is 0.0194. The van der Waals surface area contributed by atoms with Gasteiger partial charge in [-0.15, -0.1) is 0 Å². The SMILES string of the molecule is O=c1[nH]c(CNCCC2CCCO2)cs1. The number of nitrogens with one attached hydrogen (secondary N) is 2. The highest BCUT2D eigenvalue weighted by atomic mass is 32.1. The zero-order valence-electron chi connectivity index (χ0n) is 8.62. The molecular weight excluding hydrogens is 212 g/mol. The third-order valence-corrected chi connectivity index (χ3v) is 3.27. The van der Waals surface area contributed by atoms with Gasteiger partial charge in [0.2, 0.25) is 0 Å². The van der Waals surface area contributed by atoms with Crippen molar-refractivity contribution < 1.29 is 4.74 Å². The molecule has 1 aliphatic rings. The van der Waals surface area contributed by atoms with Crippen LogP contribution in [0.25, 0.3) is 0 Å². The van der Waals surface area contributed by atoms with Crippen molar-refractivity contribution in [3.8, 4) is 0 Å². The minimum absolute atomic E-state index is 0.0194. The van der Waals surface area contributed by atoms with Crippen LogP contribution in [0.3, 0.4) is 0 Å². The maximum atomic E-state index is 10.8. The maximum absolute atomic E-state index is 10.8.